The van der Waals surface area contributed by atoms with Crippen LogP contribution < -0.4 is 0 Å². The number of nitrogens with zero attached hydrogens (tertiary/aromatic N) is 3. The minimum atomic E-state index is 0.683. The summed E-state index contributed by atoms with van der Waals surface area (Å²) in [5.74, 6) is 0.683. The zero-order chi connectivity index (χ0) is 36.6. The molecule has 10 aromatic rings. The molecule has 0 aliphatic carbocycles. The standard InChI is InChI=1S/C51H33N3S/c1-3-13-34(14-4-1)37-17-11-18-38(29-37)39-30-40(43-22-12-23-46-45-21-9-10-24-49(45)55-50(43)46)32-41(31-39)47-33-48(54-51(53-47)36-15-5-2-6-16-36)44-20-8-7-19-42(44)35-25-27-52-28-26-35/h1-33H. The van der Waals surface area contributed by atoms with Gasteiger partial charge in [0.25, 0.3) is 0 Å². The minimum Gasteiger partial charge on any atom is -0.265 e. The average Bonchev–Trinajstić information content (AvgIpc) is 3.66. The summed E-state index contributed by atoms with van der Waals surface area (Å²) in [6.45, 7) is 0. The molecular weight excluding hydrogens is 687 g/mol. The predicted molar refractivity (Wildman–Crippen MR) is 231 cm³/mol. The summed E-state index contributed by atoms with van der Waals surface area (Å²) >= 11 is 1.86. The van der Waals surface area contributed by atoms with Gasteiger partial charge in [0.05, 0.1) is 11.4 Å². The first kappa shape index (κ1) is 32.6. The molecule has 4 heteroatoms. The quantitative estimate of drug-likeness (QED) is 0.165. The largest absolute Gasteiger partial charge is 0.265 e. The van der Waals surface area contributed by atoms with Gasteiger partial charge in [0.1, 0.15) is 0 Å². The highest BCUT2D eigenvalue weighted by atomic mass is 32.1. The molecule has 0 aliphatic rings. The van der Waals surface area contributed by atoms with Gasteiger partial charge < -0.3 is 0 Å². The highest BCUT2D eigenvalue weighted by Crippen LogP contribution is 2.43. The lowest BCUT2D eigenvalue weighted by Crippen LogP contribution is -1.97. The van der Waals surface area contributed by atoms with Crippen LogP contribution in [0.25, 0.3) is 98.6 Å². The Morgan fingerprint density at radius 3 is 1.71 bits per heavy atom. The van der Waals surface area contributed by atoms with Crippen molar-refractivity contribution >= 4 is 31.5 Å². The Labute approximate surface area is 323 Å². The van der Waals surface area contributed by atoms with Crippen LogP contribution in [0.2, 0.25) is 0 Å². The smallest absolute Gasteiger partial charge is 0.160 e. The Hall–Kier alpha value is -7.01. The fourth-order valence-electron chi connectivity index (χ4n) is 7.52. The van der Waals surface area contributed by atoms with Crippen molar-refractivity contribution in [1.29, 1.82) is 0 Å². The number of hydrogen-bond donors (Lipinski definition) is 0. The number of aromatic nitrogens is 3. The first-order valence-corrected chi connectivity index (χ1v) is 19.2. The monoisotopic (exact) mass is 719 g/mol. The SMILES string of the molecule is c1ccc(-c2cccc(-c3cc(-c4cc(-c5ccccc5-c5ccncc5)nc(-c5ccccc5)n4)cc(-c4cccc5c4sc4ccccc45)c3)c2)cc1. The highest BCUT2D eigenvalue weighted by molar-refractivity contribution is 7.26. The molecule has 0 spiro atoms. The summed E-state index contributed by atoms with van der Waals surface area (Å²) in [5.41, 5.74) is 13.9. The molecule has 0 saturated heterocycles. The van der Waals surface area contributed by atoms with Crippen LogP contribution in [0.1, 0.15) is 0 Å². The number of rotatable bonds is 7. The number of benzene rings is 7. The van der Waals surface area contributed by atoms with Crippen LogP contribution in [0.5, 0.6) is 0 Å². The molecule has 0 saturated carbocycles. The number of fused-ring (bicyclic) bond motifs is 3. The molecule has 3 nitrogen and oxygen atoms in total. The van der Waals surface area contributed by atoms with E-state index in [0.717, 1.165) is 55.9 Å². The Morgan fingerprint density at radius 1 is 0.327 bits per heavy atom. The molecule has 0 radical (unpaired) electrons. The minimum absolute atomic E-state index is 0.683. The zero-order valence-corrected chi connectivity index (χ0v) is 30.6. The average molecular weight is 720 g/mol. The Kier molecular flexibility index (Phi) is 8.36. The molecule has 0 unspecified atom stereocenters. The molecule has 258 valence electrons. The molecular formula is C51H33N3S. The predicted octanol–water partition coefficient (Wildman–Crippen LogP) is 13.9. The lowest BCUT2D eigenvalue weighted by molar-refractivity contribution is 1.18. The molecule has 55 heavy (non-hydrogen) atoms. The van der Waals surface area contributed by atoms with E-state index in [9.17, 15) is 0 Å². The first-order chi connectivity index (χ1) is 27.2. The van der Waals surface area contributed by atoms with Crippen molar-refractivity contribution in [2.24, 2.45) is 0 Å². The molecule has 0 fully saturated rings. The van der Waals surface area contributed by atoms with E-state index < -0.39 is 0 Å². The first-order valence-electron chi connectivity index (χ1n) is 18.4. The van der Waals surface area contributed by atoms with E-state index in [4.69, 9.17) is 9.97 Å². The summed E-state index contributed by atoms with van der Waals surface area (Å²) in [6.07, 6.45) is 3.67. The van der Waals surface area contributed by atoms with E-state index >= 15 is 0 Å². The third-order valence-corrected chi connectivity index (χ3v) is 11.4. The van der Waals surface area contributed by atoms with Crippen molar-refractivity contribution in [2.45, 2.75) is 0 Å². The maximum atomic E-state index is 5.32. The normalized spacial score (nSPS) is 11.3. The van der Waals surface area contributed by atoms with Crippen molar-refractivity contribution in [3.63, 3.8) is 0 Å². The van der Waals surface area contributed by atoms with Gasteiger partial charge >= 0.3 is 0 Å². The van der Waals surface area contributed by atoms with Gasteiger partial charge in [-0.3, -0.25) is 4.98 Å². The third-order valence-electron chi connectivity index (χ3n) is 10.2. The number of hydrogen-bond acceptors (Lipinski definition) is 4. The van der Waals surface area contributed by atoms with Crippen molar-refractivity contribution in [1.82, 2.24) is 15.0 Å². The zero-order valence-electron chi connectivity index (χ0n) is 29.8. The van der Waals surface area contributed by atoms with E-state index in [2.05, 4.69) is 163 Å². The summed E-state index contributed by atoms with van der Waals surface area (Å²) in [7, 11) is 0. The molecule has 7 aromatic carbocycles. The van der Waals surface area contributed by atoms with E-state index in [-0.39, 0.29) is 0 Å². The molecule has 0 atom stereocenters. The van der Waals surface area contributed by atoms with E-state index in [1.54, 1.807) is 0 Å². The fourth-order valence-corrected chi connectivity index (χ4v) is 8.76. The number of thiophene rings is 1. The molecule has 0 N–H and O–H groups in total. The van der Waals surface area contributed by atoms with Gasteiger partial charge in [-0.25, -0.2) is 9.97 Å². The van der Waals surface area contributed by atoms with Gasteiger partial charge in [0, 0.05) is 49.3 Å². The second kappa shape index (κ2) is 14.1. The third kappa shape index (κ3) is 6.29. The summed E-state index contributed by atoms with van der Waals surface area (Å²) < 4.78 is 2.57. The molecule has 0 bridgehead atoms. The van der Waals surface area contributed by atoms with Crippen molar-refractivity contribution < 1.29 is 0 Å². The van der Waals surface area contributed by atoms with E-state index in [1.807, 2.05) is 54.1 Å². The van der Waals surface area contributed by atoms with Crippen molar-refractivity contribution in [2.75, 3.05) is 0 Å². The van der Waals surface area contributed by atoms with Crippen LogP contribution in [0.3, 0.4) is 0 Å². The Bertz CT molecular complexity index is 2970. The van der Waals surface area contributed by atoms with Crippen molar-refractivity contribution in [3.8, 4) is 78.4 Å². The topological polar surface area (TPSA) is 38.7 Å². The lowest BCUT2D eigenvalue weighted by atomic mass is 9.92. The van der Waals surface area contributed by atoms with Crippen LogP contribution in [0, 0.1) is 0 Å². The van der Waals surface area contributed by atoms with E-state index in [1.165, 1.54) is 36.9 Å². The van der Waals surface area contributed by atoms with Gasteiger partial charge in [0.2, 0.25) is 0 Å². The van der Waals surface area contributed by atoms with Gasteiger partial charge in [-0.05, 0) is 93.0 Å². The van der Waals surface area contributed by atoms with Crippen LogP contribution in [-0.4, -0.2) is 15.0 Å². The summed E-state index contributed by atoms with van der Waals surface area (Å²) in [4.78, 5) is 14.8. The maximum Gasteiger partial charge on any atom is 0.160 e. The van der Waals surface area contributed by atoms with Crippen LogP contribution in [-0.2, 0) is 0 Å². The summed E-state index contributed by atoms with van der Waals surface area (Å²) in [6, 6.07) is 66.7. The van der Waals surface area contributed by atoms with Crippen LogP contribution in [0.4, 0.5) is 0 Å². The van der Waals surface area contributed by atoms with Gasteiger partial charge in [0.15, 0.2) is 5.82 Å². The fraction of sp³-hybridized carbons (Fsp3) is 0. The second-order valence-corrected chi connectivity index (χ2v) is 14.7. The Morgan fingerprint density at radius 2 is 0.891 bits per heavy atom. The second-order valence-electron chi connectivity index (χ2n) is 13.6. The Balaban J connectivity index is 1.22. The van der Waals surface area contributed by atoms with Gasteiger partial charge in [-0.15, -0.1) is 11.3 Å². The molecule has 3 heterocycles. The van der Waals surface area contributed by atoms with Crippen LogP contribution in [0.15, 0.2) is 200 Å². The van der Waals surface area contributed by atoms with Crippen molar-refractivity contribution in [3.05, 3.63) is 200 Å². The number of pyridine rings is 1. The van der Waals surface area contributed by atoms with Gasteiger partial charge in [-0.2, -0.15) is 0 Å². The molecule has 0 aliphatic heterocycles. The van der Waals surface area contributed by atoms with Crippen LogP contribution >= 0.6 is 11.3 Å². The molecule has 0 amide bonds. The maximum absolute atomic E-state index is 5.32. The lowest BCUT2D eigenvalue weighted by Gasteiger charge is -2.15. The molecule has 3 aromatic heterocycles. The summed E-state index contributed by atoms with van der Waals surface area (Å²) in [5, 5.41) is 2.57. The molecule has 10 rings (SSSR count). The highest BCUT2D eigenvalue weighted by Gasteiger charge is 2.17. The van der Waals surface area contributed by atoms with Gasteiger partial charge in [-0.1, -0.05) is 140 Å². The van der Waals surface area contributed by atoms with E-state index in [0.29, 0.717) is 5.82 Å².